The van der Waals surface area contributed by atoms with Crippen molar-refractivity contribution in [3.8, 4) is 0 Å². The Morgan fingerprint density at radius 2 is 1.00 bits per heavy atom. The van der Waals surface area contributed by atoms with Gasteiger partial charge in [-0.3, -0.25) is 0 Å². The maximum absolute atomic E-state index is 4.50. The van der Waals surface area contributed by atoms with Crippen molar-refractivity contribution < 1.29 is 0 Å². The average molecular weight is 577 g/mol. The van der Waals surface area contributed by atoms with E-state index in [9.17, 15) is 0 Å². The molecule has 0 aliphatic rings. The molecular weight excluding hydrogens is 567 g/mol. The summed E-state index contributed by atoms with van der Waals surface area (Å²) in [5, 5.41) is 0. The third-order valence-electron chi connectivity index (χ3n) is 0. The molecule has 44 valence electrons. The molecule has 0 aromatic carbocycles. The number of hydrogen-bond acceptors (Lipinski definition) is 1. The van der Waals surface area contributed by atoms with Gasteiger partial charge in [0.25, 0.3) is 0 Å². The molecule has 5 heteroatoms. The van der Waals surface area contributed by atoms with Gasteiger partial charge in [-0.05, 0) is 7.05 Å². The van der Waals surface area contributed by atoms with Crippen LogP contribution in [0.3, 0.4) is 0 Å². The standard InChI is InChI=1S/CH5N.BrH.2HI.Pb.2H/c1-2;;;;;;/h2H2,1H3;3*1H;;;. The Bertz CT molecular complexity index is 13.5. The van der Waals surface area contributed by atoms with E-state index >= 15 is 0 Å². The fourth-order valence-corrected chi connectivity index (χ4v) is 0. The van der Waals surface area contributed by atoms with Crippen molar-refractivity contribution in [1.82, 2.24) is 0 Å². The van der Waals surface area contributed by atoms with E-state index in [1.165, 1.54) is 7.05 Å². The first kappa shape index (κ1) is 37.0. The van der Waals surface area contributed by atoms with Crippen molar-refractivity contribution >= 4 is 92.2 Å². The van der Waals surface area contributed by atoms with Crippen molar-refractivity contribution in [2.24, 2.45) is 5.73 Å². The van der Waals surface area contributed by atoms with Crippen LogP contribution in [0.1, 0.15) is 0 Å². The van der Waals surface area contributed by atoms with Crippen LogP contribution >= 0.6 is 64.9 Å². The monoisotopic (exact) mass is 577 g/mol. The molecule has 0 aliphatic carbocycles. The summed E-state index contributed by atoms with van der Waals surface area (Å²) >= 11 is 0. The summed E-state index contributed by atoms with van der Waals surface area (Å²) in [6.07, 6.45) is 0. The maximum atomic E-state index is 4.50. The number of hydrogen-bond donors (Lipinski definition) is 1. The molecule has 0 unspecified atom stereocenters. The molecule has 0 aromatic rings. The fraction of sp³-hybridized carbons (Fsp3) is 1.00. The SMILES string of the molecule is Br.CN.I.I.[PbH2]. The van der Waals surface area contributed by atoms with Gasteiger partial charge in [-0.15, -0.1) is 64.9 Å². The van der Waals surface area contributed by atoms with Crippen LogP contribution in [0.2, 0.25) is 0 Å². The Morgan fingerprint density at radius 1 is 1.00 bits per heavy atom. The van der Waals surface area contributed by atoms with E-state index < -0.39 is 0 Å². The second-order valence-electron chi connectivity index (χ2n) is 0. The van der Waals surface area contributed by atoms with Gasteiger partial charge >= 0.3 is 27.3 Å². The molecule has 0 spiro atoms. The minimum absolute atomic E-state index is 0. The zero-order valence-electron chi connectivity index (χ0n) is 3.51. The molecular formula is CH10BrI2NPb. The molecule has 0 rings (SSSR count). The predicted molar refractivity (Wildman–Crippen MR) is 59.8 cm³/mol. The molecule has 0 aromatic heterocycles. The Labute approximate surface area is 103 Å². The molecule has 0 bridgehead atoms. The van der Waals surface area contributed by atoms with Crippen molar-refractivity contribution in [3.63, 3.8) is 0 Å². The Morgan fingerprint density at radius 3 is 1.00 bits per heavy atom. The average Bonchev–Trinajstić information content (AvgIpc) is 1.00. The van der Waals surface area contributed by atoms with Gasteiger partial charge in [0.2, 0.25) is 0 Å². The van der Waals surface area contributed by atoms with Gasteiger partial charge in [0.15, 0.2) is 0 Å². The van der Waals surface area contributed by atoms with E-state index in [2.05, 4.69) is 5.73 Å². The molecule has 1 nitrogen and oxygen atoms in total. The normalized spacial score (nSPS) is 1.00. The zero-order valence-corrected chi connectivity index (χ0v) is 15.4. The number of nitrogens with two attached hydrogens (primary N) is 1. The first-order valence-corrected chi connectivity index (χ1v) is 0.577. The van der Waals surface area contributed by atoms with E-state index in [-0.39, 0.29) is 92.2 Å². The van der Waals surface area contributed by atoms with Gasteiger partial charge in [0.05, 0.1) is 0 Å². The van der Waals surface area contributed by atoms with E-state index in [1.54, 1.807) is 0 Å². The molecule has 0 amide bonds. The van der Waals surface area contributed by atoms with E-state index in [0.29, 0.717) is 0 Å². The summed E-state index contributed by atoms with van der Waals surface area (Å²) in [5.41, 5.74) is 4.50. The summed E-state index contributed by atoms with van der Waals surface area (Å²) in [5.74, 6) is 0. The molecule has 2 radical (unpaired) electrons. The molecule has 2 N–H and O–H groups in total. The van der Waals surface area contributed by atoms with Crippen LogP contribution in [0.5, 0.6) is 0 Å². The van der Waals surface area contributed by atoms with Crippen LogP contribution in [-0.4, -0.2) is 34.3 Å². The molecule has 0 saturated heterocycles. The fourth-order valence-electron chi connectivity index (χ4n) is 0. The second-order valence-corrected chi connectivity index (χ2v) is 0. The van der Waals surface area contributed by atoms with Crippen LogP contribution in [-0.2, 0) is 0 Å². The van der Waals surface area contributed by atoms with Crippen molar-refractivity contribution in [2.45, 2.75) is 0 Å². The first-order chi connectivity index (χ1) is 1.00. The van der Waals surface area contributed by atoms with Crippen LogP contribution < -0.4 is 5.73 Å². The van der Waals surface area contributed by atoms with Crippen molar-refractivity contribution in [3.05, 3.63) is 0 Å². The minimum atomic E-state index is 0. The molecule has 0 saturated carbocycles. The van der Waals surface area contributed by atoms with Crippen LogP contribution in [0.4, 0.5) is 0 Å². The first-order valence-electron chi connectivity index (χ1n) is 0.577. The summed E-state index contributed by atoms with van der Waals surface area (Å²) in [6.45, 7) is 0. The Kier molecular flexibility index (Phi) is 282. The van der Waals surface area contributed by atoms with Crippen LogP contribution in [0.25, 0.3) is 0 Å². The zero-order chi connectivity index (χ0) is 2.00. The van der Waals surface area contributed by atoms with Crippen LogP contribution in [0, 0.1) is 0 Å². The third kappa shape index (κ3) is 29.0. The van der Waals surface area contributed by atoms with E-state index in [4.69, 9.17) is 0 Å². The van der Waals surface area contributed by atoms with Crippen molar-refractivity contribution in [2.75, 3.05) is 7.05 Å². The van der Waals surface area contributed by atoms with Gasteiger partial charge < -0.3 is 5.73 Å². The van der Waals surface area contributed by atoms with Gasteiger partial charge in [-0.2, -0.15) is 0 Å². The molecule has 0 fully saturated rings. The molecule has 0 aliphatic heterocycles. The second kappa shape index (κ2) is 45.7. The van der Waals surface area contributed by atoms with E-state index in [0.717, 1.165) is 0 Å². The number of rotatable bonds is 0. The molecule has 6 heavy (non-hydrogen) atoms. The summed E-state index contributed by atoms with van der Waals surface area (Å²) in [6, 6.07) is 0. The van der Waals surface area contributed by atoms with Crippen LogP contribution in [0.15, 0.2) is 0 Å². The number of halogens is 3. The van der Waals surface area contributed by atoms with Gasteiger partial charge in [0.1, 0.15) is 0 Å². The van der Waals surface area contributed by atoms with E-state index in [1.807, 2.05) is 0 Å². The third-order valence-corrected chi connectivity index (χ3v) is 0. The van der Waals surface area contributed by atoms with Gasteiger partial charge in [0, 0.05) is 0 Å². The van der Waals surface area contributed by atoms with Crippen molar-refractivity contribution in [1.29, 1.82) is 0 Å². The summed E-state index contributed by atoms with van der Waals surface area (Å²) < 4.78 is 0. The predicted octanol–water partition coefficient (Wildman–Crippen LogP) is 0.473. The summed E-state index contributed by atoms with van der Waals surface area (Å²) in [7, 11) is 1.50. The molecule has 0 heterocycles. The van der Waals surface area contributed by atoms with Gasteiger partial charge in [-0.25, -0.2) is 0 Å². The Hall–Kier alpha value is 2.82. The summed E-state index contributed by atoms with van der Waals surface area (Å²) in [4.78, 5) is 0. The Balaban J connectivity index is -0.000000000833. The molecule has 0 atom stereocenters. The topological polar surface area (TPSA) is 26.0 Å². The quantitative estimate of drug-likeness (QED) is 0.330. The van der Waals surface area contributed by atoms with Gasteiger partial charge in [-0.1, -0.05) is 0 Å².